The number of nitrogens with one attached hydrogen (secondary N) is 1. The standard InChI is InChI=1S/C27H32N4O/c28-26-10-5-9-25(30-26)23-14-12-21(13-15-23)8-4-11-27(32)29-24-16-18-31(19-17-24)20-22-6-2-1-3-7-22/h1-3,5-7,9-10,12-15,24H,4,8,11,16-20H2,(H2,28,30)(H,29,32). The molecule has 2 aromatic carbocycles. The summed E-state index contributed by atoms with van der Waals surface area (Å²) in [6, 6.07) is 24.9. The number of nitrogen functional groups attached to an aromatic ring is 1. The predicted molar refractivity (Wildman–Crippen MR) is 130 cm³/mol. The van der Waals surface area contributed by atoms with Gasteiger partial charge in [0, 0.05) is 37.7 Å². The molecule has 4 rings (SSSR count). The van der Waals surface area contributed by atoms with Gasteiger partial charge in [0.25, 0.3) is 0 Å². The van der Waals surface area contributed by atoms with E-state index in [9.17, 15) is 4.79 Å². The van der Waals surface area contributed by atoms with E-state index in [1.807, 2.05) is 12.1 Å². The number of carbonyl (C=O) groups excluding carboxylic acids is 1. The molecular weight excluding hydrogens is 396 g/mol. The summed E-state index contributed by atoms with van der Waals surface area (Å²) in [6.45, 7) is 3.07. The molecule has 3 N–H and O–H groups in total. The number of piperidine rings is 1. The summed E-state index contributed by atoms with van der Waals surface area (Å²) in [5, 5.41) is 3.24. The quantitative estimate of drug-likeness (QED) is 0.557. The molecule has 2 heterocycles. The summed E-state index contributed by atoms with van der Waals surface area (Å²) in [7, 11) is 0. The third-order valence-electron chi connectivity index (χ3n) is 6.09. The molecule has 0 atom stereocenters. The van der Waals surface area contributed by atoms with E-state index >= 15 is 0 Å². The molecule has 0 bridgehead atoms. The van der Waals surface area contributed by atoms with Gasteiger partial charge in [0.1, 0.15) is 5.82 Å². The molecule has 0 saturated carbocycles. The summed E-state index contributed by atoms with van der Waals surface area (Å²) in [6.07, 6.45) is 4.38. The Labute approximate surface area is 190 Å². The number of benzene rings is 2. The topological polar surface area (TPSA) is 71.2 Å². The van der Waals surface area contributed by atoms with Gasteiger partial charge in [-0.15, -0.1) is 0 Å². The van der Waals surface area contributed by atoms with Crippen LogP contribution in [0, 0.1) is 0 Å². The van der Waals surface area contributed by atoms with Gasteiger partial charge < -0.3 is 11.1 Å². The third-order valence-corrected chi connectivity index (χ3v) is 6.09. The summed E-state index contributed by atoms with van der Waals surface area (Å²) in [5.74, 6) is 0.701. The summed E-state index contributed by atoms with van der Waals surface area (Å²) in [5.41, 5.74) is 10.3. The van der Waals surface area contributed by atoms with Gasteiger partial charge in [0.15, 0.2) is 0 Å². The first-order valence-electron chi connectivity index (χ1n) is 11.5. The number of anilines is 1. The van der Waals surface area contributed by atoms with Crippen LogP contribution >= 0.6 is 0 Å². The van der Waals surface area contributed by atoms with E-state index < -0.39 is 0 Å². The lowest BCUT2D eigenvalue weighted by Gasteiger charge is -2.32. The van der Waals surface area contributed by atoms with Gasteiger partial charge in [0.2, 0.25) is 5.91 Å². The number of nitrogens with zero attached hydrogens (tertiary/aromatic N) is 2. The minimum Gasteiger partial charge on any atom is -0.384 e. The maximum absolute atomic E-state index is 12.4. The third kappa shape index (κ3) is 6.41. The number of likely N-dealkylation sites (tertiary alicyclic amines) is 1. The Morgan fingerprint density at radius 1 is 0.938 bits per heavy atom. The van der Waals surface area contributed by atoms with Crippen molar-refractivity contribution in [1.29, 1.82) is 0 Å². The van der Waals surface area contributed by atoms with E-state index in [0.29, 0.717) is 18.3 Å². The molecular formula is C27H32N4O. The number of nitrogens with two attached hydrogens (primary N) is 1. The van der Waals surface area contributed by atoms with Crippen LogP contribution in [-0.2, 0) is 17.8 Å². The average Bonchev–Trinajstić information content (AvgIpc) is 2.81. The molecule has 1 aliphatic heterocycles. The van der Waals surface area contributed by atoms with E-state index in [-0.39, 0.29) is 5.91 Å². The molecule has 1 fully saturated rings. The molecule has 0 unspecified atom stereocenters. The van der Waals surface area contributed by atoms with Gasteiger partial charge in [-0.05, 0) is 48.9 Å². The van der Waals surface area contributed by atoms with Crippen molar-refractivity contribution in [2.45, 2.75) is 44.7 Å². The Bertz CT molecular complexity index is 996. The lowest BCUT2D eigenvalue weighted by Crippen LogP contribution is -2.44. The zero-order valence-corrected chi connectivity index (χ0v) is 18.5. The second-order valence-corrected chi connectivity index (χ2v) is 8.60. The molecule has 1 aliphatic rings. The Morgan fingerprint density at radius 2 is 1.69 bits per heavy atom. The van der Waals surface area contributed by atoms with E-state index in [4.69, 9.17) is 5.73 Å². The Morgan fingerprint density at radius 3 is 2.41 bits per heavy atom. The highest BCUT2D eigenvalue weighted by molar-refractivity contribution is 5.76. The number of hydrogen-bond donors (Lipinski definition) is 2. The van der Waals surface area contributed by atoms with Crippen LogP contribution in [0.25, 0.3) is 11.3 Å². The summed E-state index contributed by atoms with van der Waals surface area (Å²) in [4.78, 5) is 19.2. The number of rotatable bonds is 8. The highest BCUT2D eigenvalue weighted by Crippen LogP contribution is 2.19. The van der Waals surface area contributed by atoms with Crippen LogP contribution in [-0.4, -0.2) is 34.9 Å². The van der Waals surface area contributed by atoms with Gasteiger partial charge >= 0.3 is 0 Å². The second kappa shape index (κ2) is 10.9. The fourth-order valence-corrected chi connectivity index (χ4v) is 4.28. The maximum atomic E-state index is 12.4. The molecule has 5 heteroatoms. The summed E-state index contributed by atoms with van der Waals surface area (Å²) < 4.78 is 0. The van der Waals surface area contributed by atoms with Crippen LogP contribution in [0.4, 0.5) is 5.82 Å². The highest BCUT2D eigenvalue weighted by Gasteiger charge is 2.20. The number of carbonyl (C=O) groups is 1. The van der Waals surface area contributed by atoms with Crippen molar-refractivity contribution < 1.29 is 4.79 Å². The molecule has 3 aromatic rings. The monoisotopic (exact) mass is 428 g/mol. The number of amides is 1. The first-order valence-corrected chi connectivity index (χ1v) is 11.5. The van der Waals surface area contributed by atoms with E-state index in [0.717, 1.165) is 56.6 Å². The van der Waals surface area contributed by atoms with Crippen LogP contribution in [0.2, 0.25) is 0 Å². The molecule has 0 aliphatic carbocycles. The normalized spacial score (nSPS) is 14.9. The first-order chi connectivity index (χ1) is 15.7. The number of aromatic nitrogens is 1. The van der Waals surface area contributed by atoms with Crippen LogP contribution in [0.1, 0.15) is 36.8 Å². The van der Waals surface area contributed by atoms with E-state index in [1.165, 1.54) is 11.1 Å². The highest BCUT2D eigenvalue weighted by atomic mass is 16.1. The fourth-order valence-electron chi connectivity index (χ4n) is 4.28. The zero-order chi connectivity index (χ0) is 22.2. The SMILES string of the molecule is Nc1cccc(-c2ccc(CCCC(=O)NC3CCN(Cc4ccccc4)CC3)cc2)n1. The number of aryl methyl sites for hydroxylation is 1. The molecule has 5 nitrogen and oxygen atoms in total. The zero-order valence-electron chi connectivity index (χ0n) is 18.5. The van der Waals surface area contributed by atoms with Gasteiger partial charge in [-0.3, -0.25) is 9.69 Å². The maximum Gasteiger partial charge on any atom is 0.220 e. The smallest absolute Gasteiger partial charge is 0.220 e. The van der Waals surface area contributed by atoms with Gasteiger partial charge in [-0.2, -0.15) is 0 Å². The fraction of sp³-hybridized carbons (Fsp3) is 0.333. The largest absolute Gasteiger partial charge is 0.384 e. The Kier molecular flexibility index (Phi) is 7.51. The molecule has 1 aromatic heterocycles. The van der Waals surface area contributed by atoms with Gasteiger partial charge in [0.05, 0.1) is 5.69 Å². The van der Waals surface area contributed by atoms with Crippen LogP contribution in [0.3, 0.4) is 0 Å². The second-order valence-electron chi connectivity index (χ2n) is 8.60. The van der Waals surface area contributed by atoms with Crippen molar-refractivity contribution in [1.82, 2.24) is 15.2 Å². The van der Waals surface area contributed by atoms with E-state index in [1.54, 1.807) is 6.07 Å². The molecule has 0 spiro atoms. The molecule has 32 heavy (non-hydrogen) atoms. The van der Waals surface area contributed by atoms with Crippen molar-refractivity contribution in [3.05, 3.63) is 83.9 Å². The lowest BCUT2D eigenvalue weighted by molar-refractivity contribution is -0.122. The molecule has 0 radical (unpaired) electrons. The van der Waals surface area contributed by atoms with Crippen molar-refractivity contribution >= 4 is 11.7 Å². The molecule has 1 saturated heterocycles. The first kappa shape index (κ1) is 22.0. The number of hydrogen-bond acceptors (Lipinski definition) is 4. The number of pyridine rings is 1. The molecule has 1 amide bonds. The van der Waals surface area contributed by atoms with Crippen molar-refractivity contribution in [3.63, 3.8) is 0 Å². The minimum atomic E-state index is 0.173. The average molecular weight is 429 g/mol. The lowest BCUT2D eigenvalue weighted by atomic mass is 10.0. The Hall–Kier alpha value is -3.18. The van der Waals surface area contributed by atoms with Gasteiger partial charge in [-0.1, -0.05) is 60.7 Å². The van der Waals surface area contributed by atoms with Gasteiger partial charge in [-0.25, -0.2) is 4.98 Å². The summed E-state index contributed by atoms with van der Waals surface area (Å²) >= 11 is 0. The van der Waals surface area contributed by atoms with Crippen molar-refractivity contribution in [2.24, 2.45) is 0 Å². The van der Waals surface area contributed by atoms with Crippen LogP contribution in [0.15, 0.2) is 72.8 Å². The molecule has 166 valence electrons. The van der Waals surface area contributed by atoms with Crippen LogP contribution < -0.4 is 11.1 Å². The Balaban J connectivity index is 1.15. The van der Waals surface area contributed by atoms with Crippen molar-refractivity contribution in [2.75, 3.05) is 18.8 Å². The predicted octanol–water partition coefficient (Wildman–Crippen LogP) is 4.43. The van der Waals surface area contributed by atoms with E-state index in [2.05, 4.69) is 69.8 Å². The minimum absolute atomic E-state index is 0.173. The van der Waals surface area contributed by atoms with Crippen LogP contribution in [0.5, 0.6) is 0 Å². The van der Waals surface area contributed by atoms with Crippen molar-refractivity contribution in [3.8, 4) is 11.3 Å².